The number of carbonyl (C=O) groups is 3. The number of nitrogens with zero attached hydrogens (tertiary/aromatic N) is 3. The number of benzene rings is 4. The van der Waals surface area contributed by atoms with Crippen LogP contribution in [0.2, 0.25) is 5.02 Å². The van der Waals surface area contributed by atoms with Crippen LogP contribution in [0.1, 0.15) is 38.5 Å². The molecule has 8 rings (SSSR count). The first-order valence-corrected chi connectivity index (χ1v) is 13.6. The van der Waals surface area contributed by atoms with Crippen molar-refractivity contribution < 1.29 is 19.3 Å². The molecule has 1 fully saturated rings. The minimum Gasteiger partial charge on any atom is -0.274 e. The molecule has 4 aromatic rings. The monoisotopic (exact) mass is 576 g/mol. The summed E-state index contributed by atoms with van der Waals surface area (Å²) in [5.74, 6) is -3.33. The van der Waals surface area contributed by atoms with Crippen LogP contribution >= 0.6 is 11.6 Å². The molecule has 1 heterocycles. The van der Waals surface area contributed by atoms with E-state index >= 15 is 0 Å². The lowest BCUT2D eigenvalue weighted by Gasteiger charge is -2.52. The van der Waals surface area contributed by atoms with Gasteiger partial charge in [0.15, 0.2) is 0 Å². The number of para-hydroxylation sites is 1. The Morgan fingerprint density at radius 2 is 1.55 bits per heavy atom. The molecule has 1 aliphatic heterocycles. The van der Waals surface area contributed by atoms with Gasteiger partial charge in [-0.2, -0.15) is 5.10 Å². The number of imide groups is 1. The Labute approximate surface area is 244 Å². The molecule has 9 nitrogen and oxygen atoms in total. The summed E-state index contributed by atoms with van der Waals surface area (Å²) in [4.78, 5) is 53.3. The number of hydrazone groups is 1. The van der Waals surface area contributed by atoms with Crippen LogP contribution in [0.15, 0.2) is 102 Å². The smallest absolute Gasteiger partial charge is 0.271 e. The molecule has 4 aromatic carbocycles. The summed E-state index contributed by atoms with van der Waals surface area (Å²) >= 11 is 6.48. The third-order valence-corrected chi connectivity index (χ3v) is 8.85. The molecule has 2 atom stereocenters. The minimum absolute atomic E-state index is 0.0573. The molecule has 0 radical (unpaired) electrons. The third-order valence-electron chi connectivity index (χ3n) is 8.53. The van der Waals surface area contributed by atoms with E-state index in [9.17, 15) is 24.5 Å². The van der Waals surface area contributed by atoms with E-state index in [4.69, 9.17) is 11.6 Å². The maximum Gasteiger partial charge on any atom is 0.271 e. The Balaban J connectivity index is 1.38. The van der Waals surface area contributed by atoms with Crippen molar-refractivity contribution in [3.8, 4) is 0 Å². The molecule has 0 aromatic heterocycles. The average molecular weight is 577 g/mol. The van der Waals surface area contributed by atoms with Crippen molar-refractivity contribution in [1.82, 2.24) is 5.43 Å². The molecule has 42 heavy (non-hydrogen) atoms. The van der Waals surface area contributed by atoms with Crippen molar-refractivity contribution in [2.75, 3.05) is 4.90 Å². The second kappa shape index (κ2) is 9.46. The summed E-state index contributed by atoms with van der Waals surface area (Å²) in [7, 11) is 0. The molecule has 0 unspecified atom stereocenters. The third kappa shape index (κ3) is 3.50. The highest BCUT2D eigenvalue weighted by Gasteiger charge is 2.68. The van der Waals surface area contributed by atoms with Crippen LogP contribution in [-0.4, -0.2) is 28.9 Å². The molecular weight excluding hydrogens is 556 g/mol. The van der Waals surface area contributed by atoms with Gasteiger partial charge in [0, 0.05) is 29.8 Å². The lowest BCUT2D eigenvalue weighted by Crippen LogP contribution is -2.54. The van der Waals surface area contributed by atoms with Crippen LogP contribution in [0.3, 0.4) is 0 Å². The summed E-state index contributed by atoms with van der Waals surface area (Å²) < 4.78 is 0. The van der Waals surface area contributed by atoms with Crippen LogP contribution in [0.4, 0.5) is 11.4 Å². The normalized spacial score (nSPS) is 23.5. The molecule has 0 saturated carbocycles. The summed E-state index contributed by atoms with van der Waals surface area (Å²) in [6.45, 7) is 0. The number of halogens is 1. The van der Waals surface area contributed by atoms with Crippen molar-refractivity contribution in [1.29, 1.82) is 0 Å². The Hall–Kier alpha value is -5.15. The Morgan fingerprint density at radius 1 is 0.905 bits per heavy atom. The molecule has 206 valence electrons. The van der Waals surface area contributed by atoms with Crippen molar-refractivity contribution in [2.24, 2.45) is 16.9 Å². The Kier molecular flexibility index (Phi) is 5.81. The quantitative estimate of drug-likeness (QED) is 0.151. The van der Waals surface area contributed by atoms with E-state index < -0.39 is 34.0 Å². The van der Waals surface area contributed by atoms with Gasteiger partial charge in [0.1, 0.15) is 0 Å². The van der Waals surface area contributed by atoms with Crippen LogP contribution < -0.4 is 10.3 Å². The van der Waals surface area contributed by atoms with Gasteiger partial charge in [-0.3, -0.25) is 24.5 Å². The van der Waals surface area contributed by atoms with E-state index in [1.165, 1.54) is 29.3 Å². The van der Waals surface area contributed by atoms with Gasteiger partial charge >= 0.3 is 0 Å². The van der Waals surface area contributed by atoms with Crippen LogP contribution in [0.5, 0.6) is 0 Å². The van der Waals surface area contributed by atoms with Gasteiger partial charge in [-0.1, -0.05) is 78.3 Å². The molecule has 0 spiro atoms. The number of carbonyl (C=O) groups excluding carboxylic acids is 3. The van der Waals surface area contributed by atoms with Gasteiger partial charge in [-0.05, 0) is 40.5 Å². The SMILES string of the molecule is O=C(N/N=C\C12c3ccccc3C(c3ccccc31)[C@@H]1C(=O)N(c3ccccc3Cl)C(=O)[C@@H]12)c1cccc([N+](=O)[O-])c1. The number of non-ortho nitro benzene ring substituents is 1. The fourth-order valence-corrected chi connectivity index (χ4v) is 7.16. The van der Waals surface area contributed by atoms with Gasteiger partial charge < -0.3 is 0 Å². The number of nitro benzene ring substituents is 1. The van der Waals surface area contributed by atoms with Gasteiger partial charge in [-0.25, -0.2) is 10.3 Å². The molecule has 1 N–H and O–H groups in total. The van der Waals surface area contributed by atoms with Crippen LogP contribution in [0, 0.1) is 22.0 Å². The zero-order valence-electron chi connectivity index (χ0n) is 21.8. The van der Waals surface area contributed by atoms with E-state index in [-0.39, 0.29) is 28.1 Å². The molecule has 3 aliphatic carbocycles. The molecule has 4 aliphatic rings. The maximum absolute atomic E-state index is 14.4. The second-order valence-electron chi connectivity index (χ2n) is 10.5. The van der Waals surface area contributed by atoms with E-state index in [0.29, 0.717) is 5.69 Å². The highest BCUT2D eigenvalue weighted by Crippen LogP contribution is 2.63. The number of amides is 3. The average Bonchev–Trinajstić information content (AvgIpc) is 3.28. The highest BCUT2D eigenvalue weighted by molar-refractivity contribution is 6.36. The standard InChI is InChI=1S/C32H21ClN4O5/c33-24-14-5-6-15-25(24)36-30(39)27-26-20-10-1-3-12-22(20)32(28(27)31(36)40,23-13-4-2-11-21(23)26)17-34-35-29(38)18-8-7-9-19(16-18)37(41)42/h1-17,26-28H,(H,35,38)/b34-17-/t26?,27-,28+,32?/m0/s1. The minimum atomic E-state index is -1.19. The predicted molar refractivity (Wildman–Crippen MR) is 155 cm³/mol. The molecule has 2 bridgehead atoms. The van der Waals surface area contributed by atoms with E-state index in [0.717, 1.165) is 28.3 Å². The Bertz CT molecular complexity index is 1820. The molecular formula is C32H21ClN4O5. The van der Waals surface area contributed by atoms with Gasteiger partial charge in [0.25, 0.3) is 11.6 Å². The van der Waals surface area contributed by atoms with Gasteiger partial charge in [0.2, 0.25) is 11.8 Å². The van der Waals surface area contributed by atoms with Crippen molar-refractivity contribution in [3.05, 3.63) is 140 Å². The van der Waals surface area contributed by atoms with Gasteiger partial charge in [0.05, 0.1) is 32.9 Å². The highest BCUT2D eigenvalue weighted by atomic mass is 35.5. The zero-order valence-corrected chi connectivity index (χ0v) is 22.6. The first-order chi connectivity index (χ1) is 20.3. The molecule has 10 heteroatoms. The number of hydrogen-bond acceptors (Lipinski definition) is 6. The number of hydrogen-bond donors (Lipinski definition) is 1. The lowest BCUT2D eigenvalue weighted by molar-refractivity contribution is -0.384. The van der Waals surface area contributed by atoms with Gasteiger partial charge in [-0.15, -0.1) is 0 Å². The predicted octanol–water partition coefficient (Wildman–Crippen LogP) is 5.21. The lowest BCUT2D eigenvalue weighted by atomic mass is 9.47. The van der Waals surface area contributed by atoms with E-state index in [1.807, 2.05) is 48.5 Å². The largest absolute Gasteiger partial charge is 0.274 e. The van der Waals surface area contributed by atoms with Crippen molar-refractivity contribution in [3.63, 3.8) is 0 Å². The number of anilines is 1. The fourth-order valence-electron chi connectivity index (χ4n) is 6.94. The van der Waals surface area contributed by atoms with Crippen LogP contribution in [-0.2, 0) is 15.0 Å². The van der Waals surface area contributed by atoms with Crippen LogP contribution in [0.25, 0.3) is 0 Å². The molecule has 3 amide bonds. The van der Waals surface area contributed by atoms with E-state index in [2.05, 4.69) is 10.5 Å². The number of nitrogens with one attached hydrogen (secondary N) is 1. The fraction of sp³-hybridized carbons (Fsp3) is 0.125. The topological polar surface area (TPSA) is 122 Å². The van der Waals surface area contributed by atoms with E-state index in [1.54, 1.807) is 24.3 Å². The summed E-state index contributed by atoms with van der Waals surface area (Å²) in [6.07, 6.45) is 1.54. The second-order valence-corrected chi connectivity index (χ2v) is 10.9. The summed E-state index contributed by atoms with van der Waals surface area (Å²) in [5.41, 5.74) is 4.92. The maximum atomic E-state index is 14.4. The Morgan fingerprint density at radius 3 is 2.21 bits per heavy atom. The summed E-state index contributed by atoms with van der Waals surface area (Å²) in [6, 6.07) is 27.4. The zero-order chi connectivity index (χ0) is 29.2. The number of rotatable bonds is 5. The number of nitro groups is 1. The molecule has 1 saturated heterocycles. The van der Waals surface area contributed by atoms with Crippen molar-refractivity contribution in [2.45, 2.75) is 11.3 Å². The van der Waals surface area contributed by atoms with Crippen molar-refractivity contribution >= 4 is 46.9 Å². The first-order valence-electron chi connectivity index (χ1n) is 13.2. The first kappa shape index (κ1) is 25.8. The summed E-state index contributed by atoms with van der Waals surface area (Å²) in [5, 5.41) is 15.8.